The number of rotatable bonds is 2. The van der Waals surface area contributed by atoms with E-state index >= 15 is 0 Å². The van der Waals surface area contributed by atoms with Gasteiger partial charge in [0.2, 0.25) is 0 Å². The van der Waals surface area contributed by atoms with E-state index in [1.165, 1.54) is 0 Å². The van der Waals surface area contributed by atoms with Crippen molar-refractivity contribution < 1.29 is 4.84 Å². The number of piperidine rings is 1. The minimum absolute atomic E-state index is 0.617. The van der Waals surface area contributed by atoms with Gasteiger partial charge in [-0.3, -0.25) is 4.84 Å². The van der Waals surface area contributed by atoms with Crippen molar-refractivity contribution in [1.29, 1.82) is 5.26 Å². The summed E-state index contributed by atoms with van der Waals surface area (Å²) >= 11 is 0. The van der Waals surface area contributed by atoms with Crippen LogP contribution < -0.4 is 5.73 Å². The molecule has 1 rings (SSSR count). The first-order chi connectivity index (χ1) is 5.70. The quantitative estimate of drug-likeness (QED) is 0.644. The van der Waals surface area contributed by atoms with E-state index in [1.807, 2.05) is 12.0 Å². The molecule has 68 valence electrons. The van der Waals surface area contributed by atoms with Crippen LogP contribution in [0.1, 0.15) is 19.8 Å². The van der Waals surface area contributed by atoms with E-state index in [2.05, 4.69) is 6.07 Å². The van der Waals surface area contributed by atoms with E-state index in [-0.39, 0.29) is 0 Å². The van der Waals surface area contributed by atoms with Crippen LogP contribution >= 0.6 is 0 Å². The molecule has 1 fully saturated rings. The van der Waals surface area contributed by atoms with Gasteiger partial charge >= 0.3 is 0 Å². The smallest absolute Gasteiger partial charge is 0.106 e. The van der Waals surface area contributed by atoms with Gasteiger partial charge in [0.1, 0.15) is 5.54 Å². The van der Waals surface area contributed by atoms with Crippen LogP contribution in [0.4, 0.5) is 0 Å². The lowest BCUT2D eigenvalue weighted by Gasteiger charge is -2.33. The standard InChI is InChI=1S/C8H15N3O/c1-2-12-11-5-3-8(10,7-9)4-6-11/h2-6,10H2,1H3. The first kappa shape index (κ1) is 9.46. The van der Waals surface area contributed by atoms with Crippen molar-refractivity contribution in [3.63, 3.8) is 0 Å². The van der Waals surface area contributed by atoms with Crippen LogP contribution in [-0.2, 0) is 4.84 Å². The highest BCUT2D eigenvalue weighted by Gasteiger charge is 2.30. The summed E-state index contributed by atoms with van der Waals surface area (Å²) in [6.45, 7) is 4.16. The van der Waals surface area contributed by atoms with E-state index in [9.17, 15) is 0 Å². The summed E-state index contributed by atoms with van der Waals surface area (Å²) in [6.07, 6.45) is 1.40. The second kappa shape index (κ2) is 3.85. The lowest BCUT2D eigenvalue weighted by atomic mass is 9.91. The Morgan fingerprint density at radius 3 is 2.58 bits per heavy atom. The first-order valence-corrected chi connectivity index (χ1v) is 4.28. The minimum atomic E-state index is -0.617. The van der Waals surface area contributed by atoms with Crippen LogP contribution in [0.5, 0.6) is 0 Å². The van der Waals surface area contributed by atoms with Crippen molar-refractivity contribution in [2.75, 3.05) is 19.7 Å². The molecule has 0 aliphatic carbocycles. The van der Waals surface area contributed by atoms with Crippen molar-refractivity contribution in [2.45, 2.75) is 25.3 Å². The molecule has 1 saturated heterocycles. The Labute approximate surface area is 72.8 Å². The van der Waals surface area contributed by atoms with Gasteiger partial charge in [-0.15, -0.1) is 0 Å². The van der Waals surface area contributed by atoms with E-state index < -0.39 is 5.54 Å². The fraction of sp³-hybridized carbons (Fsp3) is 0.875. The Bertz CT molecular complexity index is 179. The average molecular weight is 169 g/mol. The second-order valence-corrected chi connectivity index (χ2v) is 3.11. The molecule has 1 aliphatic heterocycles. The van der Waals surface area contributed by atoms with Crippen LogP contribution in [0.3, 0.4) is 0 Å². The normalized spacial score (nSPS) is 23.4. The third-order valence-electron chi connectivity index (χ3n) is 2.15. The number of nitriles is 1. The van der Waals surface area contributed by atoms with Gasteiger partial charge in [-0.25, -0.2) is 0 Å². The summed E-state index contributed by atoms with van der Waals surface area (Å²) in [5, 5.41) is 10.6. The van der Waals surface area contributed by atoms with Crippen molar-refractivity contribution in [3.05, 3.63) is 0 Å². The van der Waals surface area contributed by atoms with E-state index in [4.69, 9.17) is 15.8 Å². The van der Waals surface area contributed by atoms with Gasteiger partial charge in [0.15, 0.2) is 0 Å². The molecule has 2 N–H and O–H groups in total. The van der Waals surface area contributed by atoms with Gasteiger partial charge in [0, 0.05) is 13.1 Å². The fourth-order valence-electron chi connectivity index (χ4n) is 1.31. The molecule has 0 aromatic rings. The molecule has 0 radical (unpaired) electrons. The molecule has 12 heavy (non-hydrogen) atoms. The van der Waals surface area contributed by atoms with Crippen molar-refractivity contribution in [1.82, 2.24) is 5.06 Å². The maximum Gasteiger partial charge on any atom is 0.106 e. The average Bonchev–Trinajstić information content (AvgIpc) is 2.10. The van der Waals surface area contributed by atoms with Gasteiger partial charge in [-0.05, 0) is 19.8 Å². The molecule has 0 saturated carbocycles. The van der Waals surface area contributed by atoms with Crippen molar-refractivity contribution in [3.8, 4) is 6.07 Å². The second-order valence-electron chi connectivity index (χ2n) is 3.11. The molecule has 1 aliphatic rings. The zero-order valence-corrected chi connectivity index (χ0v) is 7.42. The summed E-state index contributed by atoms with van der Waals surface area (Å²) in [7, 11) is 0. The summed E-state index contributed by atoms with van der Waals surface area (Å²) in [4.78, 5) is 5.29. The lowest BCUT2D eigenvalue weighted by molar-refractivity contribution is -0.168. The van der Waals surface area contributed by atoms with Crippen molar-refractivity contribution in [2.24, 2.45) is 5.73 Å². The molecule has 0 bridgehead atoms. The zero-order valence-electron chi connectivity index (χ0n) is 7.42. The van der Waals surface area contributed by atoms with Gasteiger partial charge in [-0.1, -0.05) is 0 Å². The third-order valence-corrected chi connectivity index (χ3v) is 2.15. The zero-order chi connectivity index (χ0) is 9.03. The number of nitrogens with zero attached hydrogens (tertiary/aromatic N) is 2. The van der Waals surface area contributed by atoms with E-state index in [0.29, 0.717) is 19.4 Å². The Hall–Kier alpha value is -0.630. The molecule has 1 heterocycles. The Balaban J connectivity index is 2.35. The molecule has 0 aromatic heterocycles. The SMILES string of the molecule is CCON1CCC(N)(C#N)CC1. The van der Waals surface area contributed by atoms with Crippen LogP contribution in [0.25, 0.3) is 0 Å². The molecular formula is C8H15N3O. The predicted octanol–water partition coefficient (Wildman–Crippen LogP) is 0.255. The van der Waals surface area contributed by atoms with Crippen molar-refractivity contribution >= 4 is 0 Å². The number of hydrogen-bond acceptors (Lipinski definition) is 4. The predicted molar refractivity (Wildman–Crippen MR) is 45.0 cm³/mol. The largest absolute Gasteiger partial charge is 0.313 e. The van der Waals surface area contributed by atoms with Gasteiger partial charge < -0.3 is 5.73 Å². The molecular weight excluding hydrogens is 154 g/mol. The maximum atomic E-state index is 8.73. The highest BCUT2D eigenvalue weighted by molar-refractivity contribution is 5.06. The van der Waals surface area contributed by atoms with Gasteiger partial charge in [0.05, 0.1) is 12.7 Å². The van der Waals surface area contributed by atoms with Crippen LogP contribution in [0.15, 0.2) is 0 Å². The van der Waals surface area contributed by atoms with Crippen LogP contribution in [-0.4, -0.2) is 30.3 Å². The molecule has 4 heteroatoms. The molecule has 0 aromatic carbocycles. The van der Waals surface area contributed by atoms with Gasteiger partial charge in [-0.2, -0.15) is 10.3 Å². The number of hydroxylamine groups is 2. The van der Waals surface area contributed by atoms with Gasteiger partial charge in [0.25, 0.3) is 0 Å². The summed E-state index contributed by atoms with van der Waals surface area (Å²) in [5.41, 5.74) is 5.16. The maximum absolute atomic E-state index is 8.73. The summed E-state index contributed by atoms with van der Waals surface area (Å²) in [6, 6.07) is 2.14. The summed E-state index contributed by atoms with van der Waals surface area (Å²) < 4.78 is 0. The molecule has 0 spiro atoms. The Kier molecular flexibility index (Phi) is 3.04. The minimum Gasteiger partial charge on any atom is -0.313 e. The number of hydrogen-bond donors (Lipinski definition) is 1. The topological polar surface area (TPSA) is 62.3 Å². The third kappa shape index (κ3) is 2.18. The van der Waals surface area contributed by atoms with Crippen LogP contribution in [0.2, 0.25) is 0 Å². The molecule has 0 amide bonds. The first-order valence-electron chi connectivity index (χ1n) is 4.28. The number of nitrogens with two attached hydrogens (primary N) is 1. The highest BCUT2D eigenvalue weighted by Crippen LogP contribution is 2.18. The Morgan fingerprint density at radius 2 is 2.17 bits per heavy atom. The molecule has 0 atom stereocenters. The fourth-order valence-corrected chi connectivity index (χ4v) is 1.31. The van der Waals surface area contributed by atoms with Crippen LogP contribution in [0, 0.1) is 11.3 Å². The summed E-state index contributed by atoms with van der Waals surface area (Å²) in [5.74, 6) is 0. The monoisotopic (exact) mass is 169 g/mol. The molecule has 4 nitrogen and oxygen atoms in total. The highest BCUT2D eigenvalue weighted by atomic mass is 16.7. The molecule has 0 unspecified atom stereocenters. The Morgan fingerprint density at radius 1 is 1.58 bits per heavy atom. The lowest BCUT2D eigenvalue weighted by Crippen LogP contribution is -2.49. The van der Waals surface area contributed by atoms with E-state index in [1.54, 1.807) is 0 Å². The van der Waals surface area contributed by atoms with E-state index in [0.717, 1.165) is 13.1 Å².